The van der Waals surface area contributed by atoms with Crippen molar-refractivity contribution in [2.24, 2.45) is 0 Å². The molecule has 0 atom stereocenters. The molecular weight excluding hydrogens is 1690 g/mol. The van der Waals surface area contributed by atoms with Crippen molar-refractivity contribution in [2.75, 3.05) is 0 Å². The Balaban J connectivity index is 0.000000338. The van der Waals surface area contributed by atoms with Crippen LogP contribution in [0.4, 0.5) is 0 Å². The molecular formula is C141H172. The molecule has 0 spiro atoms. The molecule has 26 rings (SSSR count). The predicted molar refractivity (Wildman–Crippen MR) is 638 cm³/mol. The predicted octanol–water partition coefficient (Wildman–Crippen LogP) is 43.2. The first kappa shape index (κ1) is 120. The van der Waals surface area contributed by atoms with Crippen molar-refractivity contribution in [3.63, 3.8) is 0 Å². The van der Waals surface area contributed by atoms with Crippen molar-refractivity contribution in [3.8, 4) is 89.0 Å². The molecule has 18 aromatic rings. The fourth-order valence-corrected chi connectivity index (χ4v) is 18.8. The maximum atomic E-state index is 2.43. The third-order valence-electron chi connectivity index (χ3n) is 24.2. The zero-order valence-electron chi connectivity index (χ0n) is 88.8. The molecule has 141 heavy (non-hydrogen) atoms. The summed E-state index contributed by atoms with van der Waals surface area (Å²) in [6.45, 7) is 52.2. The molecule has 0 heterocycles. The summed E-state index contributed by atoms with van der Waals surface area (Å²) in [6, 6.07) is 143. The lowest BCUT2D eigenvalue weighted by molar-refractivity contribution is 1.16. The molecule has 18 aromatic carbocycles. The first-order valence-electron chi connectivity index (χ1n) is 52.5. The average molecular weight is 1870 g/mol. The molecule has 0 heteroatoms. The van der Waals surface area contributed by atoms with Gasteiger partial charge in [0.05, 0.1) is 0 Å². The monoisotopic (exact) mass is 1870 g/mol. The van der Waals surface area contributed by atoms with Crippen LogP contribution in [0.2, 0.25) is 0 Å². The second kappa shape index (κ2) is 65.4. The van der Waals surface area contributed by atoms with Crippen molar-refractivity contribution >= 4 is 21.5 Å². The molecule has 0 saturated heterocycles. The summed E-state index contributed by atoms with van der Waals surface area (Å²) in [6.07, 6.45) is 8.69. The molecule has 0 N–H and O–H groups in total. The topological polar surface area (TPSA) is 0 Å². The number of benzene rings is 18. The van der Waals surface area contributed by atoms with E-state index in [2.05, 4.69) is 305 Å². The normalized spacial score (nSPS) is 10.5. The maximum absolute atomic E-state index is 2.43. The van der Waals surface area contributed by atoms with Gasteiger partial charge in [-0.05, 0) is 283 Å². The summed E-state index contributed by atoms with van der Waals surface area (Å²) >= 11 is 0. The minimum Gasteiger partial charge on any atom is -0.0776 e. The van der Waals surface area contributed by atoms with Gasteiger partial charge in [0.15, 0.2) is 0 Å². The lowest BCUT2D eigenvalue weighted by atomic mass is 9.96. The molecule has 736 valence electrons. The van der Waals surface area contributed by atoms with Crippen LogP contribution in [0.25, 0.3) is 111 Å². The number of hydrogen-bond donors (Lipinski definition) is 0. The Hall–Kier alpha value is -13.5. The Kier molecular flexibility index (Phi) is 55.6. The van der Waals surface area contributed by atoms with Gasteiger partial charge in [0.1, 0.15) is 0 Å². The summed E-state index contributed by atoms with van der Waals surface area (Å²) in [7, 11) is 0. The highest BCUT2D eigenvalue weighted by Gasteiger charge is 2.32. The Bertz CT molecular complexity index is 6290. The number of rotatable bonds is 0. The molecule has 0 aliphatic heterocycles. The number of aryl methyl sites for hydroxylation is 2. The summed E-state index contributed by atoms with van der Waals surface area (Å²) in [5.74, 6) is 0. The standard InChI is InChI=1S/2C24H16.2C20H14.2C7H8.2C6H6.12C2H6.3CH4/c1-3-7-17-15(5-1)9-10-20-21-12-11-19-18-8-4-2-6-16(18)13-22(19)24(21)14-23(17)20;1-2-6-16-12-22-18(11-15(16)5-1)14-24-21(22)10-9-20-19-8-4-3-7-17(19)13-23(20)24;1-3-7-17-13(5-1)9-15-11-20-16(12-19(15)17)10-14-6-2-4-8-18(14)20;1-3-7-15-13(5-1)11-19-17(15)9-10-18-16-8-4-2-6-14(16)12-20(18)19;2*1-7-5-3-2-4-6-7;2*1-2-4-6-5-3-1;12*1-2;;;/h2*1-12H,13-14H2;1-8,11-12H,9-10H2;1-10H,11-12H2;2*2-6H,1H3;2*1-6H;12*1-2H3;3*1H4. The van der Waals surface area contributed by atoms with Crippen molar-refractivity contribution in [1.82, 2.24) is 0 Å². The summed E-state index contributed by atoms with van der Waals surface area (Å²) in [5, 5.41) is 5.45. The highest BCUT2D eigenvalue weighted by Crippen LogP contribution is 2.52. The Morgan fingerprint density at radius 1 is 0.121 bits per heavy atom. The average Bonchev–Trinajstić information content (AvgIpc) is 1.58. The lowest BCUT2D eigenvalue weighted by Crippen LogP contribution is -1.91. The van der Waals surface area contributed by atoms with E-state index < -0.39 is 0 Å². The van der Waals surface area contributed by atoms with Crippen LogP contribution in [0, 0.1) is 13.8 Å². The van der Waals surface area contributed by atoms with Crippen LogP contribution in [0.3, 0.4) is 0 Å². The quantitative estimate of drug-likeness (QED) is 0.142. The van der Waals surface area contributed by atoms with E-state index in [1.807, 2.05) is 275 Å². The third-order valence-corrected chi connectivity index (χ3v) is 24.2. The zero-order valence-corrected chi connectivity index (χ0v) is 88.8. The molecule has 0 saturated carbocycles. The second-order valence-corrected chi connectivity index (χ2v) is 31.2. The molecule has 8 aliphatic carbocycles. The van der Waals surface area contributed by atoms with Gasteiger partial charge in [-0.25, -0.2) is 0 Å². The van der Waals surface area contributed by atoms with Crippen LogP contribution in [0.5, 0.6) is 0 Å². The number of fused-ring (bicyclic) bond motifs is 30. The van der Waals surface area contributed by atoms with E-state index in [1.54, 1.807) is 33.4 Å². The molecule has 0 nitrogen and oxygen atoms in total. The molecule has 0 bridgehead atoms. The molecule has 0 radical (unpaired) electrons. The van der Waals surface area contributed by atoms with Gasteiger partial charge in [0, 0.05) is 0 Å². The van der Waals surface area contributed by atoms with Gasteiger partial charge in [-0.15, -0.1) is 0 Å². The van der Waals surface area contributed by atoms with Crippen molar-refractivity contribution in [3.05, 3.63) is 501 Å². The minimum atomic E-state index is 0. The summed E-state index contributed by atoms with van der Waals surface area (Å²) in [5.41, 5.74) is 49.8. The van der Waals surface area contributed by atoms with Crippen molar-refractivity contribution in [1.29, 1.82) is 0 Å². The van der Waals surface area contributed by atoms with E-state index in [0.29, 0.717) is 0 Å². The molecule has 0 fully saturated rings. The van der Waals surface area contributed by atoms with Crippen molar-refractivity contribution < 1.29 is 0 Å². The van der Waals surface area contributed by atoms with E-state index in [-0.39, 0.29) is 22.3 Å². The lowest BCUT2D eigenvalue weighted by Gasteiger charge is -2.08. The smallest absolute Gasteiger partial charge is 0.000421 e. The first-order chi connectivity index (χ1) is 68.4. The Labute approximate surface area is 858 Å². The largest absolute Gasteiger partial charge is 0.0776 e. The van der Waals surface area contributed by atoms with E-state index in [0.717, 1.165) is 51.4 Å². The molecule has 8 aliphatic rings. The number of hydrogen-bond acceptors (Lipinski definition) is 0. The van der Waals surface area contributed by atoms with E-state index in [9.17, 15) is 0 Å². The molecule has 0 amide bonds. The van der Waals surface area contributed by atoms with Gasteiger partial charge in [-0.1, -0.05) is 582 Å². The van der Waals surface area contributed by atoms with Gasteiger partial charge >= 0.3 is 0 Å². The van der Waals surface area contributed by atoms with Gasteiger partial charge in [0.25, 0.3) is 0 Å². The van der Waals surface area contributed by atoms with Gasteiger partial charge in [-0.3, -0.25) is 0 Å². The summed E-state index contributed by atoms with van der Waals surface area (Å²) in [4.78, 5) is 0. The zero-order chi connectivity index (χ0) is 100. The minimum absolute atomic E-state index is 0. The Morgan fingerprint density at radius 2 is 0.305 bits per heavy atom. The second-order valence-electron chi connectivity index (χ2n) is 31.2. The first-order valence-corrected chi connectivity index (χ1v) is 52.5. The van der Waals surface area contributed by atoms with Crippen LogP contribution >= 0.6 is 0 Å². The van der Waals surface area contributed by atoms with E-state index in [1.165, 1.54) is 177 Å². The Morgan fingerprint density at radius 3 is 0.596 bits per heavy atom. The molecule has 0 aromatic heterocycles. The van der Waals surface area contributed by atoms with Crippen molar-refractivity contribution in [2.45, 2.75) is 254 Å². The van der Waals surface area contributed by atoms with Crippen LogP contribution in [0.1, 0.15) is 289 Å². The highest BCUT2D eigenvalue weighted by atomic mass is 14.4. The summed E-state index contributed by atoms with van der Waals surface area (Å²) < 4.78 is 0. The van der Waals surface area contributed by atoms with Crippen LogP contribution < -0.4 is 0 Å². The fraction of sp³-hybridized carbons (Fsp3) is 0.262. The van der Waals surface area contributed by atoms with E-state index >= 15 is 0 Å². The van der Waals surface area contributed by atoms with E-state index in [4.69, 9.17) is 0 Å². The maximum Gasteiger partial charge on any atom is -0.000421 e. The van der Waals surface area contributed by atoms with Gasteiger partial charge in [-0.2, -0.15) is 0 Å². The van der Waals surface area contributed by atoms with Gasteiger partial charge in [0.2, 0.25) is 0 Å². The SMILES string of the molecule is C.C.C.CC.CC.CC.CC.CC.CC.CC.CC.CC.CC.CC.CC.Cc1ccccc1.Cc1ccccc1.c1ccc2c(c1)Cc1c-2ccc2c1Cc1c-2ccc2ccccc12.c1ccc2c(c1)Cc1c-2ccc2c1Cc1cc3ccccc3cc1-2.c1ccc2c(c1)Cc1c-2ccc2c1Cc1ccccc1-2.c1ccc2c(c1)Cc1cc3c(cc1-2)Cc1ccccc1-3.c1ccccc1.c1ccccc1. The molecule has 0 unspecified atom stereocenters. The van der Waals surface area contributed by atoms with Crippen LogP contribution in [-0.4, -0.2) is 0 Å². The van der Waals surface area contributed by atoms with Crippen LogP contribution in [-0.2, 0) is 51.4 Å². The van der Waals surface area contributed by atoms with Crippen LogP contribution in [0.15, 0.2) is 400 Å². The third kappa shape index (κ3) is 29.3. The fourth-order valence-electron chi connectivity index (χ4n) is 18.8. The van der Waals surface area contributed by atoms with Gasteiger partial charge < -0.3 is 0 Å². The highest BCUT2D eigenvalue weighted by molar-refractivity contribution is 5.98.